The summed E-state index contributed by atoms with van der Waals surface area (Å²) in [4.78, 5) is 11.3. The molecule has 2 rings (SSSR count). The topological polar surface area (TPSA) is 89.7 Å². The van der Waals surface area contributed by atoms with Gasteiger partial charge in [-0.2, -0.15) is 4.31 Å². The van der Waals surface area contributed by atoms with Gasteiger partial charge in [-0.3, -0.25) is 4.79 Å². The average molecular weight is 316 g/mol. The van der Waals surface area contributed by atoms with Crippen LogP contribution >= 0.6 is 0 Å². The molecule has 0 amide bonds. The zero-order valence-corrected chi connectivity index (χ0v) is 12.4. The predicted octanol–water partition coefficient (Wildman–Crippen LogP) is 1.12. The van der Waals surface area contributed by atoms with Gasteiger partial charge in [0.25, 0.3) is 0 Å². The molecular formula is C13H17FN2O4S. The Bertz CT molecular complexity index is 648. The Labute approximate surface area is 122 Å². The van der Waals surface area contributed by atoms with Crippen LogP contribution in [0, 0.1) is 5.82 Å². The number of nitrogens with zero attached hydrogens (tertiary/aromatic N) is 1. The number of rotatable bonds is 4. The minimum Gasteiger partial charge on any atom is -0.465 e. The van der Waals surface area contributed by atoms with Gasteiger partial charge in [0.05, 0.1) is 6.61 Å². The Morgan fingerprint density at radius 1 is 1.52 bits per heavy atom. The Hall–Kier alpha value is -1.67. The predicted molar refractivity (Wildman–Crippen MR) is 74.4 cm³/mol. The second-order valence-electron chi connectivity index (χ2n) is 4.72. The Morgan fingerprint density at radius 3 is 2.90 bits per heavy atom. The van der Waals surface area contributed by atoms with Crippen molar-refractivity contribution in [2.45, 2.75) is 30.7 Å². The van der Waals surface area contributed by atoms with Crippen molar-refractivity contribution in [2.24, 2.45) is 0 Å². The largest absolute Gasteiger partial charge is 0.465 e. The first-order valence-electron chi connectivity index (χ1n) is 6.61. The lowest BCUT2D eigenvalue weighted by Gasteiger charge is -2.22. The number of ether oxygens (including phenoxy) is 1. The highest BCUT2D eigenvalue weighted by atomic mass is 32.2. The Kier molecular flexibility index (Phi) is 4.48. The molecule has 1 aliphatic rings. The Morgan fingerprint density at radius 2 is 2.24 bits per heavy atom. The molecule has 8 heteroatoms. The molecule has 21 heavy (non-hydrogen) atoms. The van der Waals surface area contributed by atoms with Crippen molar-refractivity contribution >= 4 is 21.7 Å². The van der Waals surface area contributed by atoms with E-state index in [0.29, 0.717) is 12.8 Å². The molecule has 1 saturated heterocycles. The standard InChI is InChI=1S/C13H17FN2O4S/c1-2-20-13(17)11-4-3-7-16(11)21(18,19)12-8-9(15)5-6-10(12)14/h5-6,8,11H,2-4,7,15H2,1H3. The summed E-state index contributed by atoms with van der Waals surface area (Å²) < 4.78 is 44.8. The van der Waals surface area contributed by atoms with Gasteiger partial charge in [0.1, 0.15) is 16.8 Å². The number of halogens is 1. The molecule has 1 heterocycles. The van der Waals surface area contributed by atoms with E-state index in [0.717, 1.165) is 16.4 Å². The van der Waals surface area contributed by atoms with Gasteiger partial charge in [0.2, 0.25) is 10.0 Å². The number of nitrogens with two attached hydrogens (primary N) is 1. The van der Waals surface area contributed by atoms with Crippen LogP contribution in [0.1, 0.15) is 19.8 Å². The number of carbonyl (C=O) groups excluding carboxylic acids is 1. The molecule has 0 aliphatic carbocycles. The normalized spacial score (nSPS) is 19.6. The number of benzene rings is 1. The van der Waals surface area contributed by atoms with E-state index in [9.17, 15) is 17.6 Å². The fraction of sp³-hybridized carbons (Fsp3) is 0.462. The molecule has 1 aromatic carbocycles. The van der Waals surface area contributed by atoms with Crippen molar-refractivity contribution in [3.8, 4) is 0 Å². The van der Waals surface area contributed by atoms with E-state index in [2.05, 4.69) is 0 Å². The van der Waals surface area contributed by atoms with Gasteiger partial charge in [-0.15, -0.1) is 0 Å². The maximum atomic E-state index is 13.8. The number of nitrogen functional groups attached to an aromatic ring is 1. The smallest absolute Gasteiger partial charge is 0.324 e. The van der Waals surface area contributed by atoms with Crippen LogP contribution in [-0.4, -0.2) is 37.9 Å². The average Bonchev–Trinajstić information content (AvgIpc) is 2.92. The zero-order valence-electron chi connectivity index (χ0n) is 11.6. The molecule has 1 fully saturated rings. The van der Waals surface area contributed by atoms with Crippen molar-refractivity contribution < 1.29 is 22.3 Å². The van der Waals surface area contributed by atoms with Crippen molar-refractivity contribution in [1.82, 2.24) is 4.31 Å². The molecule has 6 nitrogen and oxygen atoms in total. The number of esters is 1. The third-order valence-electron chi connectivity index (χ3n) is 3.30. The molecule has 0 radical (unpaired) electrons. The summed E-state index contributed by atoms with van der Waals surface area (Å²) in [5.74, 6) is -1.50. The molecule has 1 unspecified atom stereocenters. The molecule has 1 aromatic rings. The van der Waals surface area contributed by atoms with Gasteiger partial charge >= 0.3 is 5.97 Å². The van der Waals surface area contributed by atoms with E-state index < -0.39 is 32.7 Å². The van der Waals surface area contributed by atoms with E-state index in [1.807, 2.05) is 0 Å². The van der Waals surface area contributed by atoms with Crippen LogP contribution in [0.5, 0.6) is 0 Å². The zero-order chi connectivity index (χ0) is 15.6. The van der Waals surface area contributed by atoms with E-state index in [1.54, 1.807) is 6.92 Å². The summed E-state index contributed by atoms with van der Waals surface area (Å²) in [5.41, 5.74) is 5.66. The number of hydrogen-bond donors (Lipinski definition) is 1. The van der Waals surface area contributed by atoms with E-state index >= 15 is 0 Å². The molecule has 1 aliphatic heterocycles. The van der Waals surface area contributed by atoms with Crippen molar-refractivity contribution in [2.75, 3.05) is 18.9 Å². The fourth-order valence-corrected chi connectivity index (χ4v) is 4.09. The second-order valence-corrected chi connectivity index (χ2v) is 6.57. The molecule has 0 aromatic heterocycles. The highest BCUT2D eigenvalue weighted by Gasteiger charge is 2.41. The SMILES string of the molecule is CCOC(=O)C1CCCN1S(=O)(=O)c1cc(N)ccc1F. The first-order chi connectivity index (χ1) is 9.87. The summed E-state index contributed by atoms with van der Waals surface area (Å²) >= 11 is 0. The van der Waals surface area contributed by atoms with Crippen LogP contribution in [-0.2, 0) is 19.6 Å². The van der Waals surface area contributed by atoms with Gasteiger partial charge < -0.3 is 10.5 Å². The van der Waals surface area contributed by atoms with Crippen molar-refractivity contribution in [1.29, 1.82) is 0 Å². The van der Waals surface area contributed by atoms with E-state index in [4.69, 9.17) is 10.5 Å². The summed E-state index contributed by atoms with van der Waals surface area (Å²) in [6.45, 7) is 1.96. The lowest BCUT2D eigenvalue weighted by molar-refractivity contribution is -0.146. The molecule has 0 bridgehead atoms. The van der Waals surface area contributed by atoms with Gasteiger partial charge in [0.15, 0.2) is 0 Å². The van der Waals surface area contributed by atoms with Crippen LogP contribution in [0.2, 0.25) is 0 Å². The third kappa shape index (κ3) is 3.01. The van der Waals surface area contributed by atoms with Gasteiger partial charge in [-0.05, 0) is 38.0 Å². The first kappa shape index (κ1) is 15.7. The number of hydrogen-bond acceptors (Lipinski definition) is 5. The van der Waals surface area contributed by atoms with Crippen molar-refractivity contribution in [3.05, 3.63) is 24.0 Å². The van der Waals surface area contributed by atoms with Crippen LogP contribution < -0.4 is 5.73 Å². The minimum absolute atomic E-state index is 0.141. The van der Waals surface area contributed by atoms with E-state index in [-0.39, 0.29) is 18.8 Å². The summed E-state index contributed by atoms with van der Waals surface area (Å²) in [5, 5.41) is 0. The number of sulfonamides is 1. The second kappa shape index (κ2) is 5.98. The third-order valence-corrected chi connectivity index (χ3v) is 5.23. The van der Waals surface area contributed by atoms with Gasteiger partial charge in [-0.25, -0.2) is 12.8 Å². The lowest BCUT2D eigenvalue weighted by Crippen LogP contribution is -2.41. The van der Waals surface area contributed by atoms with Crippen LogP contribution in [0.3, 0.4) is 0 Å². The number of carbonyl (C=O) groups is 1. The minimum atomic E-state index is -4.13. The quantitative estimate of drug-likeness (QED) is 0.664. The lowest BCUT2D eigenvalue weighted by atomic mass is 10.2. The van der Waals surface area contributed by atoms with Crippen LogP contribution in [0.25, 0.3) is 0 Å². The van der Waals surface area contributed by atoms with Gasteiger partial charge in [0, 0.05) is 12.2 Å². The monoisotopic (exact) mass is 316 g/mol. The molecule has 0 spiro atoms. The van der Waals surface area contributed by atoms with Crippen LogP contribution in [0.15, 0.2) is 23.1 Å². The highest BCUT2D eigenvalue weighted by Crippen LogP contribution is 2.29. The van der Waals surface area contributed by atoms with Crippen molar-refractivity contribution in [3.63, 3.8) is 0 Å². The molecule has 2 N–H and O–H groups in total. The van der Waals surface area contributed by atoms with E-state index in [1.165, 1.54) is 6.07 Å². The Balaban J connectivity index is 2.38. The maximum Gasteiger partial charge on any atom is 0.324 e. The van der Waals surface area contributed by atoms with Gasteiger partial charge in [-0.1, -0.05) is 0 Å². The summed E-state index contributed by atoms with van der Waals surface area (Å²) in [6.07, 6.45) is 0.884. The first-order valence-corrected chi connectivity index (χ1v) is 8.05. The molecule has 116 valence electrons. The molecular weight excluding hydrogens is 299 g/mol. The maximum absolute atomic E-state index is 13.8. The number of anilines is 1. The summed E-state index contributed by atoms with van der Waals surface area (Å²) in [7, 11) is -4.13. The summed E-state index contributed by atoms with van der Waals surface area (Å²) in [6, 6.07) is 2.43. The fourth-order valence-electron chi connectivity index (χ4n) is 2.35. The molecule has 0 saturated carbocycles. The van der Waals surface area contributed by atoms with Crippen LogP contribution in [0.4, 0.5) is 10.1 Å². The molecule has 1 atom stereocenters. The highest BCUT2D eigenvalue weighted by molar-refractivity contribution is 7.89.